The van der Waals surface area contributed by atoms with Gasteiger partial charge in [0.1, 0.15) is 0 Å². The number of hydrogen-bond donors (Lipinski definition) is 1. The first-order valence-corrected chi connectivity index (χ1v) is 7.40. The normalized spacial score (nSPS) is 11.1. The number of alkyl halides is 3. The Kier molecular flexibility index (Phi) is 4.44. The molecule has 25 heavy (non-hydrogen) atoms. The molecule has 0 amide bonds. The number of hydrogen-bond acceptors (Lipinski definition) is 3. The number of rotatable bonds is 4. The van der Waals surface area contributed by atoms with Gasteiger partial charge in [-0.15, -0.1) is 0 Å². The quantitative estimate of drug-likeness (QED) is 0.766. The Morgan fingerprint density at radius 2 is 1.88 bits per heavy atom. The van der Waals surface area contributed by atoms with Gasteiger partial charge in [0.2, 0.25) is 0 Å². The fraction of sp³-hybridized carbons (Fsp3) is 0.111. The molecule has 0 atom stereocenters. The van der Waals surface area contributed by atoms with Crippen LogP contribution in [0.2, 0.25) is 0 Å². The summed E-state index contributed by atoms with van der Waals surface area (Å²) in [6.07, 6.45) is 0.610. The molecule has 0 aliphatic rings. The molecule has 0 aliphatic carbocycles. The van der Waals surface area contributed by atoms with Crippen LogP contribution in [0.3, 0.4) is 0 Å². The van der Waals surface area contributed by atoms with Crippen molar-refractivity contribution in [1.29, 1.82) is 5.26 Å². The molecule has 2 aromatic carbocycles. The van der Waals surface area contributed by atoms with E-state index in [-0.39, 0.29) is 17.8 Å². The highest BCUT2D eigenvalue weighted by molar-refractivity contribution is 5.56. The van der Waals surface area contributed by atoms with Crippen molar-refractivity contribution in [2.24, 2.45) is 0 Å². The standard InChI is InChI=1S/C18H13F3N4/c19-18(20,21)16-9-14(10-22)3-6-17(16)24-11-13-1-4-15(5-2-13)25-8-7-23-12-25/h1-9,12,24H,11H2. The zero-order valence-electron chi connectivity index (χ0n) is 13.0. The zero-order valence-corrected chi connectivity index (χ0v) is 13.0. The Hall–Kier alpha value is -3.27. The Morgan fingerprint density at radius 3 is 2.48 bits per heavy atom. The van der Waals surface area contributed by atoms with Crippen LogP contribution >= 0.6 is 0 Å². The average molecular weight is 342 g/mol. The summed E-state index contributed by atoms with van der Waals surface area (Å²) in [5, 5.41) is 11.6. The van der Waals surface area contributed by atoms with Crippen molar-refractivity contribution >= 4 is 5.69 Å². The van der Waals surface area contributed by atoms with E-state index in [1.807, 2.05) is 28.8 Å². The molecule has 1 N–H and O–H groups in total. The number of imidazole rings is 1. The monoisotopic (exact) mass is 342 g/mol. The summed E-state index contributed by atoms with van der Waals surface area (Å²) in [5.74, 6) is 0. The molecule has 0 saturated heterocycles. The number of nitrogens with zero attached hydrogens (tertiary/aromatic N) is 3. The van der Waals surface area contributed by atoms with Gasteiger partial charge in [0.25, 0.3) is 0 Å². The van der Waals surface area contributed by atoms with Crippen LogP contribution in [0.25, 0.3) is 5.69 Å². The van der Waals surface area contributed by atoms with Gasteiger partial charge in [-0.25, -0.2) is 4.98 Å². The number of aromatic nitrogens is 2. The first-order valence-electron chi connectivity index (χ1n) is 7.40. The highest BCUT2D eigenvalue weighted by Gasteiger charge is 2.33. The number of nitriles is 1. The van der Waals surface area contributed by atoms with Crippen LogP contribution in [0.5, 0.6) is 0 Å². The molecule has 0 radical (unpaired) electrons. The lowest BCUT2D eigenvalue weighted by Crippen LogP contribution is -2.11. The fourth-order valence-corrected chi connectivity index (χ4v) is 2.40. The van der Waals surface area contributed by atoms with Gasteiger partial charge >= 0.3 is 6.18 Å². The molecule has 0 aliphatic heterocycles. The van der Waals surface area contributed by atoms with Crippen LogP contribution in [0, 0.1) is 11.3 Å². The van der Waals surface area contributed by atoms with Gasteiger partial charge < -0.3 is 9.88 Å². The van der Waals surface area contributed by atoms with Crippen LogP contribution < -0.4 is 5.32 Å². The third-order valence-corrected chi connectivity index (χ3v) is 3.68. The van der Waals surface area contributed by atoms with Crippen molar-refractivity contribution in [3.63, 3.8) is 0 Å². The summed E-state index contributed by atoms with van der Waals surface area (Å²) < 4.78 is 41.3. The van der Waals surface area contributed by atoms with E-state index in [0.717, 1.165) is 17.3 Å². The van der Waals surface area contributed by atoms with Crippen molar-refractivity contribution in [2.45, 2.75) is 12.7 Å². The van der Waals surface area contributed by atoms with Crippen LogP contribution in [-0.2, 0) is 12.7 Å². The highest BCUT2D eigenvalue weighted by Crippen LogP contribution is 2.35. The Bertz CT molecular complexity index is 892. The summed E-state index contributed by atoms with van der Waals surface area (Å²) in [5.41, 5.74) is 0.825. The molecule has 1 heterocycles. The van der Waals surface area contributed by atoms with Gasteiger partial charge in [-0.1, -0.05) is 12.1 Å². The zero-order chi connectivity index (χ0) is 17.9. The van der Waals surface area contributed by atoms with Crippen LogP contribution in [0.1, 0.15) is 16.7 Å². The molecular formula is C18H13F3N4. The summed E-state index contributed by atoms with van der Waals surface area (Å²) >= 11 is 0. The summed E-state index contributed by atoms with van der Waals surface area (Å²) in [4.78, 5) is 3.96. The molecule has 3 aromatic rings. The average Bonchev–Trinajstić information content (AvgIpc) is 3.14. The number of halogens is 3. The lowest BCUT2D eigenvalue weighted by molar-refractivity contribution is -0.137. The Balaban J connectivity index is 1.76. The predicted molar refractivity (Wildman–Crippen MR) is 87.0 cm³/mol. The van der Waals surface area contributed by atoms with Gasteiger partial charge in [-0.2, -0.15) is 18.4 Å². The smallest absolute Gasteiger partial charge is 0.380 e. The SMILES string of the molecule is N#Cc1ccc(NCc2ccc(-n3ccnc3)cc2)c(C(F)(F)F)c1. The lowest BCUT2D eigenvalue weighted by atomic mass is 10.1. The van der Waals surface area contributed by atoms with E-state index < -0.39 is 11.7 Å². The van der Waals surface area contributed by atoms with E-state index in [9.17, 15) is 13.2 Å². The molecule has 0 saturated carbocycles. The molecular weight excluding hydrogens is 329 g/mol. The third-order valence-electron chi connectivity index (χ3n) is 3.68. The van der Waals surface area contributed by atoms with E-state index in [2.05, 4.69) is 10.3 Å². The molecule has 4 nitrogen and oxygen atoms in total. The van der Waals surface area contributed by atoms with Crippen LogP contribution in [0.15, 0.2) is 61.2 Å². The summed E-state index contributed by atoms with van der Waals surface area (Å²) in [6, 6.07) is 12.6. The van der Waals surface area contributed by atoms with E-state index >= 15 is 0 Å². The van der Waals surface area contributed by atoms with E-state index in [1.165, 1.54) is 12.1 Å². The molecule has 1 aromatic heterocycles. The number of nitrogens with one attached hydrogen (secondary N) is 1. The largest absolute Gasteiger partial charge is 0.418 e. The first-order chi connectivity index (χ1) is 12.0. The van der Waals surface area contributed by atoms with Crippen molar-refractivity contribution in [3.05, 3.63) is 77.9 Å². The molecule has 0 spiro atoms. The second kappa shape index (κ2) is 6.69. The highest BCUT2D eigenvalue weighted by atomic mass is 19.4. The lowest BCUT2D eigenvalue weighted by Gasteiger charge is -2.15. The second-order valence-electron chi connectivity index (χ2n) is 5.36. The van der Waals surface area contributed by atoms with Crippen LogP contribution in [0.4, 0.5) is 18.9 Å². The Labute approximate surface area is 142 Å². The van der Waals surface area contributed by atoms with Crippen molar-refractivity contribution < 1.29 is 13.2 Å². The predicted octanol–water partition coefficient (Wildman–Crippen LogP) is 4.37. The van der Waals surface area contributed by atoms with Crippen molar-refractivity contribution in [3.8, 4) is 11.8 Å². The second-order valence-corrected chi connectivity index (χ2v) is 5.36. The number of benzene rings is 2. The van der Waals surface area contributed by atoms with Gasteiger partial charge in [0.15, 0.2) is 0 Å². The van der Waals surface area contributed by atoms with E-state index in [1.54, 1.807) is 24.8 Å². The summed E-state index contributed by atoms with van der Waals surface area (Å²) in [7, 11) is 0. The van der Waals surface area contributed by atoms with E-state index in [0.29, 0.717) is 0 Å². The maximum atomic E-state index is 13.1. The minimum atomic E-state index is -4.53. The molecule has 0 fully saturated rings. The molecule has 0 unspecified atom stereocenters. The van der Waals surface area contributed by atoms with E-state index in [4.69, 9.17) is 5.26 Å². The van der Waals surface area contributed by atoms with Gasteiger partial charge in [-0.3, -0.25) is 0 Å². The molecule has 0 bridgehead atoms. The fourth-order valence-electron chi connectivity index (χ4n) is 2.40. The maximum absolute atomic E-state index is 13.1. The van der Waals surface area contributed by atoms with Crippen LogP contribution in [-0.4, -0.2) is 9.55 Å². The first kappa shape index (κ1) is 16.6. The summed E-state index contributed by atoms with van der Waals surface area (Å²) in [6.45, 7) is 0.235. The van der Waals surface area contributed by atoms with Gasteiger partial charge in [-0.05, 0) is 35.9 Å². The van der Waals surface area contributed by atoms with Crippen molar-refractivity contribution in [2.75, 3.05) is 5.32 Å². The maximum Gasteiger partial charge on any atom is 0.418 e. The molecule has 7 heteroatoms. The minimum absolute atomic E-state index is 0.0254. The minimum Gasteiger partial charge on any atom is -0.380 e. The molecule has 126 valence electrons. The topological polar surface area (TPSA) is 53.6 Å². The molecule has 3 rings (SSSR count). The van der Waals surface area contributed by atoms with Crippen molar-refractivity contribution in [1.82, 2.24) is 9.55 Å². The van der Waals surface area contributed by atoms with Gasteiger partial charge in [0.05, 0.1) is 23.5 Å². The third kappa shape index (κ3) is 3.80. The van der Waals surface area contributed by atoms with Gasteiger partial charge in [0, 0.05) is 30.3 Å². The number of anilines is 1. The Morgan fingerprint density at radius 1 is 1.12 bits per heavy atom.